The number of hydrogen-bond donors (Lipinski definition) is 1. The van der Waals surface area contributed by atoms with Crippen molar-refractivity contribution >= 4 is 11.8 Å². The van der Waals surface area contributed by atoms with Gasteiger partial charge in [-0.15, -0.1) is 0 Å². The molecule has 1 aliphatic heterocycles. The van der Waals surface area contributed by atoms with Crippen LogP contribution in [0.2, 0.25) is 0 Å². The molecule has 1 unspecified atom stereocenters. The second-order valence-corrected chi connectivity index (χ2v) is 6.33. The van der Waals surface area contributed by atoms with Crippen molar-refractivity contribution in [2.24, 2.45) is 5.92 Å². The molecule has 0 aliphatic carbocycles. The van der Waals surface area contributed by atoms with Crippen LogP contribution >= 0.6 is 0 Å². The van der Waals surface area contributed by atoms with Gasteiger partial charge in [0.15, 0.2) is 0 Å². The minimum Gasteiger partial charge on any atom is -0.496 e. The van der Waals surface area contributed by atoms with E-state index in [1.165, 1.54) is 12.1 Å². The van der Waals surface area contributed by atoms with Crippen molar-refractivity contribution in [3.8, 4) is 5.75 Å². The molecule has 1 heterocycles. The summed E-state index contributed by atoms with van der Waals surface area (Å²) in [7, 11) is 1.59. The zero-order chi connectivity index (χ0) is 18.5. The second kappa shape index (κ2) is 7.99. The minimum atomic E-state index is -0.377. The van der Waals surface area contributed by atoms with Crippen molar-refractivity contribution in [2.45, 2.75) is 19.5 Å². The third-order valence-electron chi connectivity index (χ3n) is 4.52. The average molecular weight is 356 g/mol. The Morgan fingerprint density at radius 2 is 1.96 bits per heavy atom. The molecule has 2 aromatic carbocycles. The molecule has 0 saturated carbocycles. The summed E-state index contributed by atoms with van der Waals surface area (Å²) in [6.07, 6.45) is 0.193. The maximum absolute atomic E-state index is 13.0. The quantitative estimate of drug-likeness (QED) is 0.865. The summed E-state index contributed by atoms with van der Waals surface area (Å²) in [6, 6.07) is 13.5. The van der Waals surface area contributed by atoms with Crippen molar-refractivity contribution in [3.63, 3.8) is 0 Å². The van der Waals surface area contributed by atoms with Crippen LogP contribution < -0.4 is 10.1 Å². The van der Waals surface area contributed by atoms with Gasteiger partial charge in [-0.2, -0.15) is 0 Å². The van der Waals surface area contributed by atoms with Crippen LogP contribution in [0.1, 0.15) is 17.5 Å². The molecule has 136 valence electrons. The van der Waals surface area contributed by atoms with Crippen LogP contribution in [0.4, 0.5) is 4.39 Å². The highest BCUT2D eigenvalue weighted by molar-refractivity contribution is 5.89. The first kappa shape index (κ1) is 17.9. The van der Waals surface area contributed by atoms with Crippen molar-refractivity contribution < 1.29 is 18.7 Å². The number of nitrogens with zero attached hydrogens (tertiary/aromatic N) is 1. The van der Waals surface area contributed by atoms with Gasteiger partial charge in [0.25, 0.3) is 0 Å². The Labute approximate surface area is 151 Å². The Bertz CT molecular complexity index is 792. The summed E-state index contributed by atoms with van der Waals surface area (Å²) in [5, 5.41) is 2.88. The highest BCUT2D eigenvalue weighted by Crippen LogP contribution is 2.22. The number of para-hydroxylation sites is 1. The molecule has 6 heteroatoms. The fourth-order valence-corrected chi connectivity index (χ4v) is 3.09. The zero-order valence-corrected chi connectivity index (χ0v) is 14.6. The Morgan fingerprint density at radius 3 is 2.69 bits per heavy atom. The van der Waals surface area contributed by atoms with E-state index in [1.807, 2.05) is 24.3 Å². The van der Waals surface area contributed by atoms with E-state index in [0.717, 1.165) is 11.1 Å². The zero-order valence-electron chi connectivity index (χ0n) is 14.6. The van der Waals surface area contributed by atoms with Crippen molar-refractivity contribution in [3.05, 3.63) is 65.5 Å². The summed E-state index contributed by atoms with van der Waals surface area (Å²) < 4.78 is 18.3. The molecule has 2 amide bonds. The fraction of sp³-hybridized carbons (Fsp3) is 0.300. The Kier molecular flexibility index (Phi) is 5.51. The van der Waals surface area contributed by atoms with Gasteiger partial charge in [-0.25, -0.2) is 4.39 Å². The van der Waals surface area contributed by atoms with Gasteiger partial charge in [-0.1, -0.05) is 30.3 Å². The summed E-state index contributed by atoms with van der Waals surface area (Å²) in [5.41, 5.74) is 1.73. The molecular formula is C20H21FN2O3. The molecule has 0 bridgehead atoms. The lowest BCUT2D eigenvalue weighted by Gasteiger charge is -2.17. The highest BCUT2D eigenvalue weighted by atomic mass is 19.1. The van der Waals surface area contributed by atoms with Crippen LogP contribution in [0, 0.1) is 11.7 Å². The van der Waals surface area contributed by atoms with E-state index >= 15 is 0 Å². The molecule has 1 atom stereocenters. The molecule has 1 N–H and O–H groups in total. The highest BCUT2D eigenvalue weighted by Gasteiger charge is 2.34. The molecule has 3 rings (SSSR count). The first-order valence-electron chi connectivity index (χ1n) is 8.48. The summed E-state index contributed by atoms with van der Waals surface area (Å²) in [5.74, 6) is -0.182. The third kappa shape index (κ3) is 4.20. The molecule has 0 spiro atoms. The Morgan fingerprint density at radius 1 is 1.23 bits per heavy atom. The summed E-state index contributed by atoms with van der Waals surface area (Å²) in [4.78, 5) is 26.3. The van der Waals surface area contributed by atoms with Gasteiger partial charge in [0, 0.05) is 31.6 Å². The average Bonchev–Trinajstić information content (AvgIpc) is 3.02. The first-order valence-corrected chi connectivity index (χ1v) is 8.48. The second-order valence-electron chi connectivity index (χ2n) is 6.33. The van der Waals surface area contributed by atoms with Crippen molar-refractivity contribution in [1.82, 2.24) is 10.2 Å². The van der Waals surface area contributed by atoms with Crippen molar-refractivity contribution in [2.75, 3.05) is 13.7 Å². The number of rotatable bonds is 6. The predicted molar refractivity (Wildman–Crippen MR) is 94.8 cm³/mol. The molecule has 1 saturated heterocycles. The lowest BCUT2D eigenvalue weighted by atomic mass is 10.1. The monoisotopic (exact) mass is 356 g/mol. The van der Waals surface area contributed by atoms with Crippen LogP contribution in [-0.2, 0) is 22.7 Å². The van der Waals surface area contributed by atoms with Gasteiger partial charge in [0.1, 0.15) is 11.6 Å². The predicted octanol–water partition coefficient (Wildman–Crippen LogP) is 2.50. The van der Waals surface area contributed by atoms with Crippen LogP contribution in [-0.4, -0.2) is 30.4 Å². The molecule has 0 aromatic heterocycles. The maximum Gasteiger partial charge on any atom is 0.225 e. The fourth-order valence-electron chi connectivity index (χ4n) is 3.09. The number of carbonyl (C=O) groups excluding carboxylic acids is 2. The number of halogens is 1. The van der Waals surface area contributed by atoms with Gasteiger partial charge in [-0.05, 0) is 23.8 Å². The molecular weight excluding hydrogens is 335 g/mol. The molecule has 0 radical (unpaired) electrons. The van der Waals surface area contributed by atoms with E-state index in [-0.39, 0.29) is 30.0 Å². The van der Waals surface area contributed by atoms with Crippen molar-refractivity contribution in [1.29, 1.82) is 0 Å². The van der Waals surface area contributed by atoms with E-state index < -0.39 is 0 Å². The van der Waals surface area contributed by atoms with Gasteiger partial charge in [0.2, 0.25) is 11.8 Å². The van der Waals surface area contributed by atoms with Crippen LogP contribution in [0.5, 0.6) is 5.75 Å². The van der Waals surface area contributed by atoms with Gasteiger partial charge < -0.3 is 15.0 Å². The number of nitrogens with one attached hydrogen (secondary N) is 1. The van der Waals surface area contributed by atoms with Gasteiger partial charge >= 0.3 is 0 Å². The molecule has 26 heavy (non-hydrogen) atoms. The van der Waals surface area contributed by atoms with E-state index in [2.05, 4.69) is 5.32 Å². The van der Waals surface area contributed by atoms with Crippen LogP contribution in [0.3, 0.4) is 0 Å². The van der Waals surface area contributed by atoms with Crippen LogP contribution in [0.15, 0.2) is 48.5 Å². The molecule has 1 aliphatic rings. The van der Waals surface area contributed by atoms with E-state index in [9.17, 15) is 14.0 Å². The molecule has 1 fully saturated rings. The van der Waals surface area contributed by atoms with E-state index in [4.69, 9.17) is 4.74 Å². The minimum absolute atomic E-state index is 0.0632. The van der Waals surface area contributed by atoms with Gasteiger partial charge in [-0.3, -0.25) is 9.59 Å². The number of benzene rings is 2. The topological polar surface area (TPSA) is 58.6 Å². The Balaban J connectivity index is 1.55. The lowest BCUT2D eigenvalue weighted by molar-refractivity contribution is -0.129. The first-order chi connectivity index (χ1) is 12.6. The van der Waals surface area contributed by atoms with Gasteiger partial charge in [0.05, 0.1) is 13.0 Å². The number of methoxy groups -OCH3 is 1. The lowest BCUT2D eigenvalue weighted by Crippen LogP contribution is -2.32. The van der Waals surface area contributed by atoms with E-state index in [1.54, 1.807) is 24.1 Å². The summed E-state index contributed by atoms with van der Waals surface area (Å²) in [6.45, 7) is 1.11. The smallest absolute Gasteiger partial charge is 0.225 e. The van der Waals surface area contributed by atoms with E-state index in [0.29, 0.717) is 25.4 Å². The number of likely N-dealkylation sites (tertiary alicyclic amines) is 1. The largest absolute Gasteiger partial charge is 0.496 e. The third-order valence-corrected chi connectivity index (χ3v) is 4.52. The number of carbonyl (C=O) groups is 2. The molecule has 2 aromatic rings. The number of ether oxygens (including phenoxy) is 1. The number of hydrogen-bond acceptors (Lipinski definition) is 3. The van der Waals surface area contributed by atoms with Crippen LogP contribution in [0.25, 0.3) is 0 Å². The normalized spacial score (nSPS) is 16.6. The molecule has 5 nitrogen and oxygen atoms in total. The standard InChI is InChI=1S/C20H21FN2O3/c1-26-18-5-3-2-4-15(18)11-22-20(25)16-10-19(24)23(13-16)12-14-6-8-17(21)9-7-14/h2-9,16H,10-13H2,1H3,(H,22,25). The Hall–Kier alpha value is -2.89. The SMILES string of the molecule is COc1ccccc1CNC(=O)C1CC(=O)N(Cc2ccc(F)cc2)C1. The number of amides is 2. The maximum atomic E-state index is 13.0. The summed E-state index contributed by atoms with van der Waals surface area (Å²) >= 11 is 0.